The van der Waals surface area contributed by atoms with Crippen LogP contribution in [-0.4, -0.2) is 67.8 Å². The molecule has 10 nitrogen and oxygen atoms in total. The number of ether oxygens (including phenoxy) is 1. The van der Waals surface area contributed by atoms with Gasteiger partial charge >= 0.3 is 6.03 Å². The fourth-order valence-corrected chi connectivity index (χ4v) is 5.88. The van der Waals surface area contributed by atoms with E-state index in [0.717, 1.165) is 4.90 Å². The average Bonchev–Trinajstić information content (AvgIpc) is 3.09. The van der Waals surface area contributed by atoms with Crippen LogP contribution in [0.25, 0.3) is 0 Å². The first kappa shape index (κ1) is 24.8. The van der Waals surface area contributed by atoms with Crippen molar-refractivity contribution in [2.24, 2.45) is 0 Å². The number of anilines is 1. The summed E-state index contributed by atoms with van der Waals surface area (Å²) in [4.78, 5) is 39.9. The molecule has 2 aromatic carbocycles. The first-order valence-electron chi connectivity index (χ1n) is 11.3. The Labute approximate surface area is 204 Å². The Hall–Kier alpha value is -3.28. The van der Waals surface area contributed by atoms with Crippen LogP contribution in [0, 0.1) is 6.92 Å². The van der Waals surface area contributed by atoms with Crippen molar-refractivity contribution in [1.82, 2.24) is 14.5 Å². The molecule has 2 N–H and O–H groups in total. The van der Waals surface area contributed by atoms with Crippen molar-refractivity contribution in [3.8, 4) is 0 Å². The summed E-state index contributed by atoms with van der Waals surface area (Å²) in [5, 5.41) is 5.33. The molecule has 0 aliphatic carbocycles. The van der Waals surface area contributed by atoms with Crippen molar-refractivity contribution in [2.45, 2.75) is 37.2 Å². The third-order valence-electron chi connectivity index (χ3n) is 6.38. The molecule has 0 saturated carbocycles. The Kier molecular flexibility index (Phi) is 6.67. The molecule has 4 rings (SSSR count). The minimum atomic E-state index is -3.78. The Bertz CT molecular complexity index is 1260. The molecule has 0 unspecified atom stereocenters. The summed E-state index contributed by atoms with van der Waals surface area (Å²) in [6.07, 6.45) is 0. The Morgan fingerprint density at radius 3 is 2.43 bits per heavy atom. The summed E-state index contributed by atoms with van der Waals surface area (Å²) in [5.74, 6) is -1.17. The van der Waals surface area contributed by atoms with Gasteiger partial charge in [0.2, 0.25) is 15.9 Å². The van der Waals surface area contributed by atoms with Crippen LogP contribution in [0.1, 0.15) is 25.0 Å². The molecule has 0 spiro atoms. The molecule has 2 atom stereocenters. The predicted octanol–water partition coefficient (Wildman–Crippen LogP) is 1.81. The molecule has 2 saturated heterocycles. The van der Waals surface area contributed by atoms with Crippen LogP contribution in [-0.2, 0) is 29.9 Å². The van der Waals surface area contributed by atoms with Gasteiger partial charge in [-0.1, -0.05) is 36.4 Å². The number of morpholine rings is 1. The van der Waals surface area contributed by atoms with E-state index in [2.05, 4.69) is 10.6 Å². The zero-order valence-corrected chi connectivity index (χ0v) is 20.6. The number of nitrogens with one attached hydrogen (secondary N) is 2. The number of benzene rings is 2. The van der Waals surface area contributed by atoms with Gasteiger partial charge in [0.25, 0.3) is 5.91 Å². The molecule has 186 valence electrons. The van der Waals surface area contributed by atoms with Gasteiger partial charge in [0.15, 0.2) is 0 Å². The Morgan fingerprint density at radius 1 is 1.11 bits per heavy atom. The number of carbonyl (C=O) groups is 3. The number of rotatable bonds is 6. The van der Waals surface area contributed by atoms with Crippen LogP contribution in [0.4, 0.5) is 10.5 Å². The van der Waals surface area contributed by atoms with E-state index < -0.39 is 39.4 Å². The van der Waals surface area contributed by atoms with Crippen molar-refractivity contribution >= 4 is 33.6 Å². The van der Waals surface area contributed by atoms with Crippen LogP contribution < -0.4 is 10.6 Å². The number of hydrogen-bond donors (Lipinski definition) is 2. The Balaban J connectivity index is 1.54. The topological polar surface area (TPSA) is 125 Å². The molecule has 11 heteroatoms. The lowest BCUT2D eigenvalue weighted by molar-refractivity contribution is -0.136. The van der Waals surface area contributed by atoms with Gasteiger partial charge in [0, 0.05) is 18.8 Å². The third-order valence-corrected chi connectivity index (χ3v) is 8.42. The van der Waals surface area contributed by atoms with E-state index in [0.29, 0.717) is 24.3 Å². The molecule has 0 aromatic heterocycles. The summed E-state index contributed by atoms with van der Waals surface area (Å²) in [6.45, 7) is 5.86. The maximum Gasteiger partial charge on any atom is 0.326 e. The molecule has 2 aliphatic rings. The van der Waals surface area contributed by atoms with Crippen molar-refractivity contribution < 1.29 is 27.5 Å². The zero-order chi connectivity index (χ0) is 25.4. The number of nitrogens with zero attached hydrogens (tertiary/aromatic N) is 2. The maximum absolute atomic E-state index is 13.2. The molecule has 2 heterocycles. The normalized spacial score (nSPS) is 22.1. The standard InChI is InChI=1S/C24H28N4O6S/c1-16-9-10-19(15-20(16)35(32,33)27-11-13-34-14-12-27)25-21(29)17(2)28-22(30)24(3,26-23(28)31)18-7-5-4-6-8-18/h4-10,15,17H,11-14H2,1-3H3,(H,25,29)(H,26,31)/t17-,24-/m0/s1. The molecule has 2 fully saturated rings. The summed E-state index contributed by atoms with van der Waals surface area (Å²) in [6, 6.07) is 11.6. The van der Waals surface area contributed by atoms with E-state index in [-0.39, 0.29) is 23.7 Å². The van der Waals surface area contributed by atoms with Gasteiger partial charge in [-0.15, -0.1) is 0 Å². The lowest BCUT2D eigenvalue weighted by Crippen LogP contribution is -2.47. The predicted molar refractivity (Wildman–Crippen MR) is 128 cm³/mol. The lowest BCUT2D eigenvalue weighted by Gasteiger charge is -2.27. The van der Waals surface area contributed by atoms with Crippen LogP contribution in [0.15, 0.2) is 53.4 Å². The van der Waals surface area contributed by atoms with Crippen LogP contribution in [0.3, 0.4) is 0 Å². The highest BCUT2D eigenvalue weighted by Crippen LogP contribution is 2.30. The second-order valence-electron chi connectivity index (χ2n) is 8.76. The second-order valence-corrected chi connectivity index (χ2v) is 10.7. The number of carbonyl (C=O) groups excluding carboxylic acids is 3. The van der Waals surface area contributed by atoms with Gasteiger partial charge in [-0.3, -0.25) is 9.59 Å². The van der Waals surface area contributed by atoms with Crippen LogP contribution in [0.2, 0.25) is 0 Å². The summed E-state index contributed by atoms with van der Waals surface area (Å²) >= 11 is 0. The number of hydrogen-bond acceptors (Lipinski definition) is 6. The fourth-order valence-electron chi connectivity index (χ4n) is 4.23. The van der Waals surface area contributed by atoms with E-state index in [1.165, 1.54) is 17.3 Å². The van der Waals surface area contributed by atoms with Gasteiger partial charge in [-0.25, -0.2) is 18.1 Å². The fraction of sp³-hybridized carbons (Fsp3) is 0.375. The molecule has 2 aliphatic heterocycles. The number of imide groups is 1. The van der Waals surface area contributed by atoms with E-state index in [9.17, 15) is 22.8 Å². The first-order chi connectivity index (χ1) is 16.6. The van der Waals surface area contributed by atoms with Gasteiger partial charge in [-0.05, 0) is 44.0 Å². The second kappa shape index (κ2) is 9.40. The van der Waals surface area contributed by atoms with Gasteiger partial charge in [0.05, 0.1) is 18.1 Å². The summed E-state index contributed by atoms with van der Waals surface area (Å²) in [7, 11) is -3.78. The quantitative estimate of drug-likeness (QED) is 0.583. The van der Waals surface area contributed by atoms with Gasteiger partial charge in [0.1, 0.15) is 11.6 Å². The van der Waals surface area contributed by atoms with Crippen molar-refractivity contribution in [1.29, 1.82) is 0 Å². The first-order valence-corrected chi connectivity index (χ1v) is 12.7. The molecular formula is C24H28N4O6S. The number of amides is 4. The largest absolute Gasteiger partial charge is 0.379 e. The smallest absolute Gasteiger partial charge is 0.326 e. The molecule has 4 amide bonds. The highest BCUT2D eigenvalue weighted by atomic mass is 32.2. The van der Waals surface area contributed by atoms with Crippen LogP contribution >= 0.6 is 0 Å². The molecule has 0 bridgehead atoms. The molecule has 0 radical (unpaired) electrons. The van der Waals surface area contributed by atoms with Crippen molar-refractivity contribution in [3.05, 3.63) is 59.7 Å². The highest BCUT2D eigenvalue weighted by molar-refractivity contribution is 7.89. The van der Waals surface area contributed by atoms with Gasteiger partial charge in [-0.2, -0.15) is 4.31 Å². The maximum atomic E-state index is 13.2. The van der Waals surface area contributed by atoms with E-state index in [1.807, 2.05) is 0 Å². The Morgan fingerprint density at radius 2 is 1.77 bits per heavy atom. The van der Waals surface area contributed by atoms with E-state index in [1.54, 1.807) is 56.3 Å². The number of aryl methyl sites for hydroxylation is 1. The zero-order valence-electron chi connectivity index (χ0n) is 19.8. The minimum Gasteiger partial charge on any atom is -0.379 e. The summed E-state index contributed by atoms with van der Waals surface area (Å²) < 4.78 is 32.9. The SMILES string of the molecule is Cc1ccc(NC(=O)[C@H](C)N2C(=O)N[C@@](C)(c3ccccc3)C2=O)cc1S(=O)(=O)N1CCOCC1. The minimum absolute atomic E-state index is 0.0801. The lowest BCUT2D eigenvalue weighted by atomic mass is 9.92. The summed E-state index contributed by atoms with van der Waals surface area (Å²) in [5.41, 5.74) is 0.0910. The van der Waals surface area contributed by atoms with Crippen molar-refractivity contribution in [3.63, 3.8) is 0 Å². The van der Waals surface area contributed by atoms with E-state index >= 15 is 0 Å². The van der Waals surface area contributed by atoms with Gasteiger partial charge < -0.3 is 15.4 Å². The molecule has 35 heavy (non-hydrogen) atoms. The van der Waals surface area contributed by atoms with Crippen molar-refractivity contribution in [2.75, 3.05) is 31.6 Å². The van der Waals surface area contributed by atoms with E-state index in [4.69, 9.17) is 4.74 Å². The average molecular weight is 501 g/mol. The van der Waals surface area contributed by atoms with Crippen LogP contribution in [0.5, 0.6) is 0 Å². The highest BCUT2D eigenvalue weighted by Gasteiger charge is 2.51. The molecular weight excluding hydrogens is 472 g/mol. The number of sulfonamides is 1. The third kappa shape index (κ3) is 4.54. The number of urea groups is 1. The molecule has 2 aromatic rings. The monoisotopic (exact) mass is 500 g/mol.